The lowest BCUT2D eigenvalue weighted by Crippen LogP contribution is -2.21. The maximum absolute atomic E-state index is 13.9. The second kappa shape index (κ2) is 6.55. The zero-order valence-corrected chi connectivity index (χ0v) is 13.0. The van der Waals surface area contributed by atoms with E-state index in [9.17, 15) is 14.3 Å². The van der Waals surface area contributed by atoms with Crippen LogP contribution in [0.3, 0.4) is 0 Å². The van der Waals surface area contributed by atoms with Crippen molar-refractivity contribution in [1.29, 1.82) is 0 Å². The Labute approximate surface area is 140 Å². The third kappa shape index (κ3) is 3.13. The van der Waals surface area contributed by atoms with E-state index in [1.807, 2.05) is 0 Å². The highest BCUT2D eigenvalue weighted by Gasteiger charge is 2.12. The van der Waals surface area contributed by atoms with Crippen LogP contribution < -0.4 is 5.11 Å². The van der Waals surface area contributed by atoms with Gasteiger partial charge in [-0.1, -0.05) is 36.4 Å². The summed E-state index contributed by atoms with van der Waals surface area (Å²) in [5.41, 5.74) is 0.969. The van der Waals surface area contributed by atoms with Gasteiger partial charge < -0.3 is 9.90 Å². The van der Waals surface area contributed by atoms with Gasteiger partial charge >= 0.3 is 0 Å². The summed E-state index contributed by atoms with van der Waals surface area (Å²) in [6, 6.07) is 12.1. The summed E-state index contributed by atoms with van der Waals surface area (Å²) in [4.78, 5) is 10.7. The van der Waals surface area contributed by atoms with Crippen LogP contribution in [0.25, 0.3) is 11.4 Å². The lowest BCUT2D eigenvalue weighted by Gasteiger charge is -2.03. The number of H-pyrrole nitrogens is 1. The van der Waals surface area contributed by atoms with Crippen LogP contribution in [0, 0.1) is 10.6 Å². The Morgan fingerprint density at radius 2 is 1.96 bits per heavy atom. The van der Waals surface area contributed by atoms with Crippen molar-refractivity contribution in [2.75, 3.05) is 0 Å². The molecule has 0 unspecified atom stereocenters. The predicted octanol–water partition coefficient (Wildman–Crippen LogP) is 1.99. The molecule has 0 atom stereocenters. The molecule has 3 aromatic rings. The molecule has 0 spiro atoms. The van der Waals surface area contributed by atoms with Crippen LogP contribution in [0.2, 0.25) is 0 Å². The van der Waals surface area contributed by atoms with E-state index in [1.165, 1.54) is 29.1 Å². The van der Waals surface area contributed by atoms with Crippen molar-refractivity contribution in [3.05, 3.63) is 70.2 Å². The van der Waals surface area contributed by atoms with Crippen molar-refractivity contribution in [2.45, 2.75) is 0 Å². The summed E-state index contributed by atoms with van der Waals surface area (Å²) < 4.78 is 15.4. The fourth-order valence-electron chi connectivity index (χ4n) is 2.05. The number of hydrogen-bond donors (Lipinski definition) is 1. The number of nitrogens with zero attached hydrogens (tertiary/aromatic N) is 3. The van der Waals surface area contributed by atoms with Gasteiger partial charge in [-0.3, -0.25) is 0 Å². The maximum Gasteiger partial charge on any atom is 0.216 e. The molecule has 1 heterocycles. The summed E-state index contributed by atoms with van der Waals surface area (Å²) in [6.45, 7) is 0. The number of nitrogens with one attached hydrogen (secondary N) is 1. The number of carboxylic acid groups (broad SMARTS) is 1. The van der Waals surface area contributed by atoms with E-state index in [2.05, 4.69) is 15.3 Å². The zero-order valence-electron chi connectivity index (χ0n) is 12.1. The molecule has 1 aromatic heterocycles. The molecular formula is C16H10FN4O2S-. The van der Waals surface area contributed by atoms with Gasteiger partial charge in [0.2, 0.25) is 4.77 Å². The number of aromatic amines is 1. The van der Waals surface area contributed by atoms with Crippen LogP contribution in [-0.2, 0) is 0 Å². The Morgan fingerprint density at radius 3 is 2.62 bits per heavy atom. The summed E-state index contributed by atoms with van der Waals surface area (Å²) in [7, 11) is 0. The minimum absolute atomic E-state index is 0.0686. The number of halogens is 1. The molecule has 0 aliphatic heterocycles. The first-order chi connectivity index (χ1) is 11.6. The van der Waals surface area contributed by atoms with Gasteiger partial charge in [-0.15, -0.1) is 0 Å². The smallest absolute Gasteiger partial charge is 0.216 e. The van der Waals surface area contributed by atoms with Crippen LogP contribution >= 0.6 is 12.2 Å². The van der Waals surface area contributed by atoms with Crippen molar-refractivity contribution in [2.24, 2.45) is 5.10 Å². The third-order valence-corrected chi connectivity index (χ3v) is 3.50. The summed E-state index contributed by atoms with van der Waals surface area (Å²) >= 11 is 5.11. The lowest BCUT2D eigenvalue weighted by molar-refractivity contribution is -0.255. The van der Waals surface area contributed by atoms with Crippen molar-refractivity contribution < 1.29 is 14.3 Å². The molecule has 0 radical (unpaired) electrons. The molecule has 0 saturated carbocycles. The summed E-state index contributed by atoms with van der Waals surface area (Å²) in [5.74, 6) is -1.46. The van der Waals surface area contributed by atoms with Crippen LogP contribution in [0.5, 0.6) is 0 Å². The quantitative estimate of drug-likeness (QED) is 0.581. The van der Waals surface area contributed by atoms with Crippen molar-refractivity contribution in [3.63, 3.8) is 0 Å². The lowest BCUT2D eigenvalue weighted by atomic mass is 10.1. The van der Waals surface area contributed by atoms with Crippen molar-refractivity contribution >= 4 is 24.4 Å². The fraction of sp³-hybridized carbons (Fsp3) is 0. The van der Waals surface area contributed by atoms with Gasteiger partial charge in [0, 0.05) is 0 Å². The molecule has 2 aromatic carbocycles. The van der Waals surface area contributed by atoms with E-state index in [4.69, 9.17) is 12.2 Å². The van der Waals surface area contributed by atoms with E-state index in [-0.39, 0.29) is 21.7 Å². The number of aromatic nitrogens is 3. The molecule has 0 fully saturated rings. The van der Waals surface area contributed by atoms with E-state index in [1.54, 1.807) is 30.3 Å². The SMILES string of the molecule is O=C([O-])c1ccc(/C=N\n2c(-c3ccccc3F)n[nH]c2=S)cc1. The largest absolute Gasteiger partial charge is 0.545 e. The molecule has 1 N–H and O–H groups in total. The zero-order chi connectivity index (χ0) is 17.1. The minimum Gasteiger partial charge on any atom is -0.545 e. The highest BCUT2D eigenvalue weighted by atomic mass is 32.1. The summed E-state index contributed by atoms with van der Waals surface area (Å²) in [6.07, 6.45) is 1.47. The maximum atomic E-state index is 13.9. The first kappa shape index (κ1) is 15.8. The molecule has 0 amide bonds. The van der Waals surface area contributed by atoms with Gasteiger partial charge in [0.05, 0.1) is 17.7 Å². The second-order valence-electron chi connectivity index (χ2n) is 4.80. The number of hydrogen-bond acceptors (Lipinski definition) is 5. The molecule has 24 heavy (non-hydrogen) atoms. The molecular weight excluding hydrogens is 331 g/mol. The highest BCUT2D eigenvalue weighted by Crippen LogP contribution is 2.20. The number of carbonyl (C=O) groups excluding carboxylic acids is 1. The highest BCUT2D eigenvalue weighted by molar-refractivity contribution is 7.71. The van der Waals surface area contributed by atoms with Gasteiger partial charge in [-0.05, 0) is 35.5 Å². The summed E-state index contributed by atoms with van der Waals surface area (Å²) in [5, 5.41) is 21.5. The molecule has 0 aliphatic rings. The number of benzene rings is 2. The van der Waals surface area contributed by atoms with E-state index in [0.717, 1.165) is 0 Å². The number of rotatable bonds is 4. The molecule has 0 aliphatic carbocycles. The Morgan fingerprint density at radius 1 is 1.25 bits per heavy atom. The average molecular weight is 341 g/mol. The van der Waals surface area contributed by atoms with Crippen molar-refractivity contribution in [3.8, 4) is 11.4 Å². The van der Waals surface area contributed by atoms with Gasteiger partial charge in [0.1, 0.15) is 5.82 Å². The Hall–Kier alpha value is -3.13. The third-order valence-electron chi connectivity index (χ3n) is 3.23. The van der Waals surface area contributed by atoms with Crippen LogP contribution in [-0.4, -0.2) is 27.1 Å². The topological polar surface area (TPSA) is 86.1 Å². The number of aromatic carboxylic acids is 1. The van der Waals surface area contributed by atoms with Crippen LogP contribution in [0.4, 0.5) is 4.39 Å². The van der Waals surface area contributed by atoms with Crippen LogP contribution in [0.1, 0.15) is 15.9 Å². The molecule has 8 heteroatoms. The first-order valence-corrected chi connectivity index (χ1v) is 7.25. The Balaban J connectivity index is 1.96. The monoisotopic (exact) mass is 341 g/mol. The minimum atomic E-state index is -1.25. The van der Waals surface area contributed by atoms with Gasteiger partial charge in [0.25, 0.3) is 0 Å². The van der Waals surface area contributed by atoms with Gasteiger partial charge in [-0.2, -0.15) is 14.9 Å². The van der Waals surface area contributed by atoms with E-state index < -0.39 is 11.8 Å². The number of carboxylic acids is 1. The second-order valence-corrected chi connectivity index (χ2v) is 5.18. The molecule has 6 nitrogen and oxygen atoms in total. The first-order valence-electron chi connectivity index (χ1n) is 6.84. The van der Waals surface area contributed by atoms with E-state index >= 15 is 0 Å². The standard InChI is InChI=1S/C16H11FN4O2S/c17-13-4-2-1-3-12(13)14-19-20-16(24)21(14)18-9-10-5-7-11(8-6-10)15(22)23/h1-9H,(H,20,24)(H,22,23)/p-1/b18-9-. The Kier molecular flexibility index (Phi) is 4.30. The Bertz CT molecular complexity index is 976. The number of carbonyl (C=O) groups is 1. The van der Waals surface area contributed by atoms with Gasteiger partial charge in [-0.25, -0.2) is 9.49 Å². The molecule has 0 saturated heterocycles. The van der Waals surface area contributed by atoms with E-state index in [0.29, 0.717) is 5.56 Å². The predicted molar refractivity (Wildman–Crippen MR) is 86.6 cm³/mol. The van der Waals surface area contributed by atoms with Crippen molar-refractivity contribution in [1.82, 2.24) is 14.9 Å². The van der Waals surface area contributed by atoms with Crippen LogP contribution in [0.15, 0.2) is 53.6 Å². The fourth-order valence-corrected chi connectivity index (χ4v) is 2.22. The molecule has 0 bridgehead atoms. The normalized spacial score (nSPS) is 11.0. The molecule has 120 valence electrons. The molecule has 3 rings (SSSR count). The average Bonchev–Trinajstić information content (AvgIpc) is 2.94. The van der Waals surface area contributed by atoms with Gasteiger partial charge in [0.15, 0.2) is 5.82 Å².